The highest BCUT2D eigenvalue weighted by molar-refractivity contribution is 6.29. The van der Waals surface area contributed by atoms with Gasteiger partial charge < -0.3 is 4.90 Å². The fraction of sp³-hybridized carbons (Fsp3) is 0.250. The molecular formula is C16H15ClN2O. The van der Waals surface area contributed by atoms with Gasteiger partial charge in [0.25, 0.3) is 5.91 Å². The van der Waals surface area contributed by atoms with Crippen LogP contribution in [0.1, 0.15) is 28.0 Å². The Bertz CT molecular complexity index is 642. The minimum Gasteiger partial charge on any atom is -0.333 e. The number of carbonyl (C=O) groups excluding carboxylic acids is 1. The molecular weight excluding hydrogens is 272 g/mol. The molecule has 0 N–H and O–H groups in total. The SMILES string of the molecule is O=C1c2ccccc2CCCN1Cc1cccc(Cl)n1. The summed E-state index contributed by atoms with van der Waals surface area (Å²) in [5.41, 5.74) is 2.77. The topological polar surface area (TPSA) is 33.2 Å². The van der Waals surface area contributed by atoms with Gasteiger partial charge in [0.1, 0.15) is 5.15 Å². The third-order valence-corrected chi connectivity index (χ3v) is 3.75. The first-order valence-electron chi connectivity index (χ1n) is 6.72. The van der Waals surface area contributed by atoms with Crippen LogP contribution in [0.25, 0.3) is 0 Å². The molecule has 2 heterocycles. The summed E-state index contributed by atoms with van der Waals surface area (Å²) in [5, 5.41) is 0.463. The van der Waals surface area contributed by atoms with Crippen LogP contribution < -0.4 is 0 Å². The van der Waals surface area contributed by atoms with Gasteiger partial charge in [-0.15, -0.1) is 0 Å². The first-order chi connectivity index (χ1) is 9.74. The minimum absolute atomic E-state index is 0.0832. The Morgan fingerprint density at radius 2 is 2.00 bits per heavy atom. The Morgan fingerprint density at radius 3 is 2.85 bits per heavy atom. The van der Waals surface area contributed by atoms with Crippen molar-refractivity contribution in [3.8, 4) is 0 Å². The molecule has 0 saturated heterocycles. The highest BCUT2D eigenvalue weighted by Crippen LogP contribution is 2.20. The number of rotatable bonds is 2. The molecule has 102 valence electrons. The molecule has 0 spiro atoms. The number of aromatic nitrogens is 1. The molecule has 0 saturated carbocycles. The Morgan fingerprint density at radius 1 is 1.15 bits per heavy atom. The van der Waals surface area contributed by atoms with Crippen molar-refractivity contribution in [1.29, 1.82) is 0 Å². The minimum atomic E-state index is 0.0832. The summed E-state index contributed by atoms with van der Waals surface area (Å²) in [6.45, 7) is 1.26. The molecule has 0 bridgehead atoms. The molecule has 1 aromatic heterocycles. The normalized spacial score (nSPS) is 14.8. The van der Waals surface area contributed by atoms with Gasteiger partial charge in [0, 0.05) is 12.1 Å². The van der Waals surface area contributed by atoms with Crippen LogP contribution in [0, 0.1) is 0 Å². The maximum atomic E-state index is 12.6. The Labute approximate surface area is 123 Å². The van der Waals surface area contributed by atoms with Gasteiger partial charge in [-0.25, -0.2) is 4.98 Å². The molecule has 20 heavy (non-hydrogen) atoms. The van der Waals surface area contributed by atoms with Crippen LogP contribution in [-0.4, -0.2) is 22.3 Å². The lowest BCUT2D eigenvalue weighted by atomic mass is 10.0. The number of hydrogen-bond donors (Lipinski definition) is 0. The molecule has 1 aliphatic rings. The molecule has 0 atom stereocenters. The van der Waals surface area contributed by atoms with Crippen LogP contribution >= 0.6 is 11.6 Å². The number of pyridine rings is 1. The highest BCUT2D eigenvalue weighted by atomic mass is 35.5. The van der Waals surface area contributed by atoms with Gasteiger partial charge in [0.2, 0.25) is 0 Å². The number of hydrogen-bond acceptors (Lipinski definition) is 2. The lowest BCUT2D eigenvalue weighted by Crippen LogP contribution is -2.30. The Hall–Kier alpha value is -1.87. The molecule has 3 nitrogen and oxygen atoms in total. The van der Waals surface area contributed by atoms with Crippen molar-refractivity contribution in [3.05, 3.63) is 64.4 Å². The standard InChI is InChI=1S/C16H15ClN2O/c17-15-9-3-7-13(18-15)11-19-10-4-6-12-5-1-2-8-14(12)16(19)20/h1-3,5,7-9H,4,6,10-11H2. The number of benzene rings is 1. The van der Waals surface area contributed by atoms with Crippen LogP contribution in [0.3, 0.4) is 0 Å². The third-order valence-electron chi connectivity index (χ3n) is 3.53. The largest absolute Gasteiger partial charge is 0.333 e. The van der Waals surface area contributed by atoms with Crippen molar-refractivity contribution in [2.24, 2.45) is 0 Å². The van der Waals surface area contributed by atoms with E-state index in [2.05, 4.69) is 4.98 Å². The zero-order valence-electron chi connectivity index (χ0n) is 11.1. The smallest absolute Gasteiger partial charge is 0.254 e. The second kappa shape index (κ2) is 5.63. The molecule has 3 rings (SSSR count). The van der Waals surface area contributed by atoms with Crippen LogP contribution in [0.5, 0.6) is 0 Å². The Kier molecular flexibility index (Phi) is 3.70. The van der Waals surface area contributed by atoms with Crippen molar-refractivity contribution in [3.63, 3.8) is 0 Å². The van der Waals surface area contributed by atoms with Gasteiger partial charge in [0.05, 0.1) is 12.2 Å². The van der Waals surface area contributed by atoms with E-state index in [0.29, 0.717) is 11.7 Å². The van der Waals surface area contributed by atoms with E-state index in [4.69, 9.17) is 11.6 Å². The quantitative estimate of drug-likeness (QED) is 0.794. The summed E-state index contributed by atoms with van der Waals surface area (Å²) < 4.78 is 0. The summed E-state index contributed by atoms with van der Waals surface area (Å²) in [5.74, 6) is 0.0832. The number of nitrogens with zero attached hydrogens (tertiary/aromatic N) is 2. The van der Waals surface area contributed by atoms with Crippen molar-refractivity contribution in [2.75, 3.05) is 6.54 Å². The van der Waals surface area contributed by atoms with Gasteiger partial charge in [0.15, 0.2) is 0 Å². The molecule has 0 fully saturated rings. The lowest BCUT2D eigenvalue weighted by Gasteiger charge is -2.20. The van der Waals surface area contributed by atoms with Gasteiger partial charge in [-0.05, 0) is 36.6 Å². The lowest BCUT2D eigenvalue weighted by molar-refractivity contribution is 0.0747. The number of fused-ring (bicyclic) bond motifs is 1. The first kappa shape index (κ1) is 13.1. The molecule has 1 aliphatic heterocycles. The van der Waals surface area contributed by atoms with E-state index in [0.717, 1.165) is 36.2 Å². The fourth-order valence-corrected chi connectivity index (χ4v) is 2.75. The number of halogens is 1. The van der Waals surface area contributed by atoms with Crippen LogP contribution in [0.2, 0.25) is 5.15 Å². The number of carbonyl (C=O) groups is 1. The van der Waals surface area contributed by atoms with E-state index in [1.54, 1.807) is 6.07 Å². The molecule has 1 amide bonds. The van der Waals surface area contributed by atoms with E-state index < -0.39 is 0 Å². The third kappa shape index (κ3) is 2.68. The zero-order chi connectivity index (χ0) is 13.9. The number of aryl methyl sites for hydroxylation is 1. The molecule has 4 heteroatoms. The van der Waals surface area contributed by atoms with Crippen molar-refractivity contribution < 1.29 is 4.79 Å². The van der Waals surface area contributed by atoms with Crippen molar-refractivity contribution >= 4 is 17.5 Å². The molecule has 1 aromatic carbocycles. The average Bonchev–Trinajstić information content (AvgIpc) is 2.60. The van der Waals surface area contributed by atoms with E-state index >= 15 is 0 Å². The van der Waals surface area contributed by atoms with E-state index in [9.17, 15) is 4.79 Å². The van der Waals surface area contributed by atoms with Gasteiger partial charge >= 0.3 is 0 Å². The Balaban J connectivity index is 1.86. The maximum absolute atomic E-state index is 12.6. The molecule has 0 unspecified atom stereocenters. The summed E-state index contributed by atoms with van der Waals surface area (Å²) in [7, 11) is 0. The second-order valence-electron chi connectivity index (χ2n) is 4.94. The predicted molar refractivity (Wildman–Crippen MR) is 78.8 cm³/mol. The predicted octanol–water partition coefficient (Wildman–Crippen LogP) is 3.32. The van der Waals surface area contributed by atoms with E-state index in [-0.39, 0.29) is 5.91 Å². The van der Waals surface area contributed by atoms with Crippen LogP contribution in [0.15, 0.2) is 42.5 Å². The van der Waals surface area contributed by atoms with Gasteiger partial charge in [-0.1, -0.05) is 35.9 Å². The first-order valence-corrected chi connectivity index (χ1v) is 7.10. The van der Waals surface area contributed by atoms with Crippen molar-refractivity contribution in [1.82, 2.24) is 9.88 Å². The summed E-state index contributed by atoms with van der Waals surface area (Å²) in [6, 6.07) is 13.3. The van der Waals surface area contributed by atoms with Gasteiger partial charge in [-0.3, -0.25) is 4.79 Å². The average molecular weight is 287 g/mol. The molecule has 2 aromatic rings. The monoisotopic (exact) mass is 286 g/mol. The van der Waals surface area contributed by atoms with Crippen molar-refractivity contribution in [2.45, 2.75) is 19.4 Å². The molecule has 0 aliphatic carbocycles. The maximum Gasteiger partial charge on any atom is 0.254 e. The van der Waals surface area contributed by atoms with E-state index in [1.165, 1.54) is 0 Å². The summed E-state index contributed by atoms with van der Waals surface area (Å²) >= 11 is 5.90. The second-order valence-corrected chi connectivity index (χ2v) is 5.33. The summed E-state index contributed by atoms with van der Waals surface area (Å²) in [4.78, 5) is 18.7. The van der Waals surface area contributed by atoms with Gasteiger partial charge in [-0.2, -0.15) is 0 Å². The zero-order valence-corrected chi connectivity index (χ0v) is 11.8. The number of amides is 1. The van der Waals surface area contributed by atoms with E-state index in [1.807, 2.05) is 41.3 Å². The fourth-order valence-electron chi connectivity index (χ4n) is 2.56. The van der Waals surface area contributed by atoms with Crippen LogP contribution in [0.4, 0.5) is 0 Å². The highest BCUT2D eigenvalue weighted by Gasteiger charge is 2.22. The van der Waals surface area contributed by atoms with Crippen LogP contribution in [-0.2, 0) is 13.0 Å². The summed E-state index contributed by atoms with van der Waals surface area (Å²) in [6.07, 6.45) is 1.92. The molecule has 0 radical (unpaired) electrons.